The van der Waals surface area contributed by atoms with Crippen molar-refractivity contribution in [3.8, 4) is 5.75 Å². The highest BCUT2D eigenvalue weighted by Gasteiger charge is 2.26. The molecule has 11 heteroatoms. The average molecular weight is 560 g/mol. The van der Waals surface area contributed by atoms with Crippen LogP contribution in [0.1, 0.15) is 26.3 Å². The number of amides is 2. The molecule has 2 N–H and O–H groups in total. The van der Waals surface area contributed by atoms with Crippen LogP contribution in [0.15, 0.2) is 77.7 Å². The highest BCUT2D eigenvalue weighted by atomic mass is 32.2. The second kappa shape index (κ2) is 13.2. The summed E-state index contributed by atoms with van der Waals surface area (Å²) in [6, 6.07) is 15.1. The molecule has 0 unspecified atom stereocenters. The van der Waals surface area contributed by atoms with E-state index in [1.807, 2.05) is 13.8 Å². The molecule has 0 bridgehead atoms. The number of sulfonamides is 1. The predicted molar refractivity (Wildman–Crippen MR) is 143 cm³/mol. The minimum absolute atomic E-state index is 0.0566. The molecule has 8 nitrogen and oxygen atoms in total. The Morgan fingerprint density at radius 3 is 2.00 bits per heavy atom. The molecular formula is C28H31F2N3O5S. The van der Waals surface area contributed by atoms with Gasteiger partial charge in [0.25, 0.3) is 15.9 Å². The number of benzene rings is 3. The lowest BCUT2D eigenvalue weighted by molar-refractivity contribution is -0.142. The van der Waals surface area contributed by atoms with E-state index in [9.17, 15) is 26.8 Å². The molecule has 0 aliphatic heterocycles. The smallest absolute Gasteiger partial charge is 0.261 e. The van der Waals surface area contributed by atoms with Gasteiger partial charge in [-0.05, 0) is 79.1 Å². The van der Waals surface area contributed by atoms with Gasteiger partial charge >= 0.3 is 0 Å². The summed E-state index contributed by atoms with van der Waals surface area (Å²) in [6.07, 6.45) is 0. The molecule has 2 amide bonds. The van der Waals surface area contributed by atoms with Gasteiger partial charge < -0.3 is 15.0 Å². The fourth-order valence-electron chi connectivity index (χ4n) is 3.50. The predicted octanol–water partition coefficient (Wildman–Crippen LogP) is 4.33. The fraction of sp³-hybridized carbons (Fsp3) is 0.286. The summed E-state index contributed by atoms with van der Waals surface area (Å²) in [7, 11) is -3.93. The lowest BCUT2D eigenvalue weighted by Crippen LogP contribution is -2.49. The van der Waals surface area contributed by atoms with Gasteiger partial charge in [-0.15, -0.1) is 0 Å². The Bertz CT molecular complexity index is 1360. The van der Waals surface area contributed by atoms with Crippen LogP contribution in [0.3, 0.4) is 0 Å². The molecule has 3 aromatic carbocycles. The van der Waals surface area contributed by atoms with Crippen molar-refractivity contribution in [2.45, 2.75) is 38.3 Å². The van der Waals surface area contributed by atoms with Crippen molar-refractivity contribution in [3.63, 3.8) is 0 Å². The van der Waals surface area contributed by atoms with Crippen LogP contribution in [0.25, 0.3) is 0 Å². The van der Waals surface area contributed by atoms with Gasteiger partial charge in [0, 0.05) is 18.8 Å². The van der Waals surface area contributed by atoms with Crippen molar-refractivity contribution in [2.75, 3.05) is 17.9 Å². The first-order valence-corrected chi connectivity index (χ1v) is 13.8. The summed E-state index contributed by atoms with van der Waals surface area (Å²) in [4.78, 5) is 27.1. The highest BCUT2D eigenvalue weighted by molar-refractivity contribution is 7.92. The summed E-state index contributed by atoms with van der Waals surface area (Å²) in [5.74, 6) is -1.26. The van der Waals surface area contributed by atoms with E-state index in [4.69, 9.17) is 4.74 Å². The zero-order chi connectivity index (χ0) is 28.6. The first-order chi connectivity index (χ1) is 18.4. The lowest BCUT2D eigenvalue weighted by Gasteiger charge is -2.29. The first-order valence-electron chi connectivity index (χ1n) is 12.3. The average Bonchev–Trinajstić information content (AvgIpc) is 2.91. The molecule has 3 aromatic rings. The van der Waals surface area contributed by atoms with Crippen LogP contribution < -0.4 is 14.8 Å². The zero-order valence-corrected chi connectivity index (χ0v) is 22.7. The molecule has 0 aliphatic rings. The molecule has 0 spiro atoms. The number of rotatable bonds is 12. The maximum atomic E-state index is 13.4. The molecule has 0 aliphatic carbocycles. The van der Waals surface area contributed by atoms with Crippen molar-refractivity contribution in [1.29, 1.82) is 0 Å². The number of nitrogens with one attached hydrogen (secondary N) is 2. The van der Waals surface area contributed by atoms with Crippen molar-refractivity contribution >= 4 is 27.5 Å². The second-order valence-corrected chi connectivity index (χ2v) is 11.0. The van der Waals surface area contributed by atoms with Crippen LogP contribution >= 0.6 is 0 Å². The second-order valence-electron chi connectivity index (χ2n) is 9.34. The van der Waals surface area contributed by atoms with Gasteiger partial charge in [-0.3, -0.25) is 14.3 Å². The molecule has 0 saturated carbocycles. The normalized spacial score (nSPS) is 12.1. The molecule has 0 aromatic heterocycles. The van der Waals surface area contributed by atoms with E-state index in [2.05, 4.69) is 10.0 Å². The Balaban J connectivity index is 1.68. The maximum Gasteiger partial charge on any atom is 0.261 e. The standard InChI is InChI=1S/C28H31F2N3O5S/c1-19(2)16-31-28(35)20(3)33(17-21-4-6-22(29)7-5-21)27(34)18-38-25-12-14-26(15-13-25)39(36,37)32-24-10-8-23(30)9-11-24/h4-15,19-20,32H,16-18H2,1-3H3,(H,31,35)/t20-/m0/s1. The molecule has 0 fully saturated rings. The number of ether oxygens (including phenoxy) is 1. The van der Waals surface area contributed by atoms with Crippen LogP contribution in [-0.4, -0.2) is 44.3 Å². The van der Waals surface area contributed by atoms with Gasteiger partial charge in [-0.2, -0.15) is 0 Å². The van der Waals surface area contributed by atoms with E-state index < -0.39 is 40.2 Å². The van der Waals surface area contributed by atoms with Crippen molar-refractivity contribution < 1.29 is 31.5 Å². The monoisotopic (exact) mass is 559 g/mol. The van der Waals surface area contributed by atoms with Gasteiger partial charge in [-0.25, -0.2) is 17.2 Å². The van der Waals surface area contributed by atoms with Gasteiger partial charge in [0.2, 0.25) is 5.91 Å². The fourth-order valence-corrected chi connectivity index (χ4v) is 4.56. The van der Waals surface area contributed by atoms with Gasteiger partial charge in [0.15, 0.2) is 6.61 Å². The Hall–Kier alpha value is -3.99. The molecule has 0 radical (unpaired) electrons. The number of carbonyl (C=O) groups is 2. The summed E-state index contributed by atoms with van der Waals surface area (Å²) >= 11 is 0. The molecule has 1 atom stereocenters. The summed E-state index contributed by atoms with van der Waals surface area (Å²) in [5.41, 5.74) is 0.839. The van der Waals surface area contributed by atoms with E-state index in [1.165, 1.54) is 65.6 Å². The number of carbonyl (C=O) groups excluding carboxylic acids is 2. The largest absolute Gasteiger partial charge is 0.484 e. The van der Waals surface area contributed by atoms with E-state index in [0.717, 1.165) is 12.1 Å². The molecule has 0 saturated heterocycles. The minimum atomic E-state index is -3.93. The van der Waals surface area contributed by atoms with Crippen LogP contribution in [-0.2, 0) is 26.2 Å². The summed E-state index contributed by atoms with van der Waals surface area (Å²) in [5, 5.41) is 2.81. The van der Waals surface area contributed by atoms with Gasteiger partial charge in [0.1, 0.15) is 23.4 Å². The van der Waals surface area contributed by atoms with Crippen LogP contribution in [0.2, 0.25) is 0 Å². The van der Waals surface area contributed by atoms with Crippen LogP contribution in [0.5, 0.6) is 5.75 Å². The topological polar surface area (TPSA) is 105 Å². The van der Waals surface area contributed by atoms with E-state index in [-0.39, 0.29) is 34.7 Å². The molecule has 208 valence electrons. The Labute approximate surface area is 227 Å². The molecule has 39 heavy (non-hydrogen) atoms. The van der Waals surface area contributed by atoms with Crippen molar-refractivity contribution in [3.05, 3.63) is 90.0 Å². The number of hydrogen-bond acceptors (Lipinski definition) is 5. The third-order valence-corrected chi connectivity index (χ3v) is 7.11. The molecule has 3 rings (SSSR count). The third kappa shape index (κ3) is 8.78. The first kappa shape index (κ1) is 29.6. The van der Waals surface area contributed by atoms with Gasteiger partial charge in [-0.1, -0.05) is 26.0 Å². The quantitative estimate of drug-likeness (QED) is 0.344. The number of hydrogen-bond donors (Lipinski definition) is 2. The Morgan fingerprint density at radius 2 is 1.44 bits per heavy atom. The third-order valence-electron chi connectivity index (χ3n) is 5.71. The highest BCUT2D eigenvalue weighted by Crippen LogP contribution is 2.20. The van der Waals surface area contributed by atoms with Crippen LogP contribution in [0.4, 0.5) is 14.5 Å². The molecule has 0 heterocycles. The minimum Gasteiger partial charge on any atom is -0.484 e. The zero-order valence-electron chi connectivity index (χ0n) is 21.9. The number of halogens is 2. The van der Waals surface area contributed by atoms with E-state index in [0.29, 0.717) is 12.1 Å². The number of anilines is 1. The van der Waals surface area contributed by atoms with Crippen LogP contribution in [0, 0.1) is 17.6 Å². The van der Waals surface area contributed by atoms with E-state index in [1.54, 1.807) is 6.92 Å². The van der Waals surface area contributed by atoms with E-state index >= 15 is 0 Å². The Kier molecular flexibility index (Phi) is 10.00. The Morgan fingerprint density at radius 1 is 0.872 bits per heavy atom. The molecular weight excluding hydrogens is 528 g/mol. The summed E-state index contributed by atoms with van der Waals surface area (Å²) in [6.45, 7) is 5.60. The number of nitrogens with zero attached hydrogens (tertiary/aromatic N) is 1. The summed E-state index contributed by atoms with van der Waals surface area (Å²) < 4.78 is 59.6. The van der Waals surface area contributed by atoms with Gasteiger partial charge in [0.05, 0.1) is 4.90 Å². The maximum absolute atomic E-state index is 13.4. The lowest BCUT2D eigenvalue weighted by atomic mass is 10.1. The van der Waals surface area contributed by atoms with Crippen molar-refractivity contribution in [2.24, 2.45) is 5.92 Å². The SMILES string of the molecule is CC(C)CNC(=O)[C@H](C)N(Cc1ccc(F)cc1)C(=O)COc1ccc(S(=O)(=O)Nc2ccc(F)cc2)cc1. The van der Waals surface area contributed by atoms with Crippen molar-refractivity contribution in [1.82, 2.24) is 10.2 Å².